The van der Waals surface area contributed by atoms with Crippen LogP contribution in [0, 0.1) is 0 Å². The van der Waals surface area contributed by atoms with Gasteiger partial charge in [-0.15, -0.1) is 0 Å². The van der Waals surface area contributed by atoms with Crippen molar-refractivity contribution in [1.29, 1.82) is 0 Å². The average Bonchev–Trinajstić information content (AvgIpc) is 3.41. The molecule has 0 aliphatic carbocycles. The molecule has 0 spiro atoms. The summed E-state index contributed by atoms with van der Waals surface area (Å²) in [7, 11) is 1.50. The minimum Gasteiger partial charge on any atom is -0.462 e. The Hall–Kier alpha value is -1.25. The summed E-state index contributed by atoms with van der Waals surface area (Å²) in [5.74, 6) is -0.771. The third kappa shape index (κ3) is 65.8. The first-order valence-corrected chi connectivity index (χ1v) is 36.4. The molecule has 79 heavy (non-hydrogen) atoms. The molecule has 0 aromatic heterocycles. The van der Waals surface area contributed by atoms with Gasteiger partial charge in [-0.05, 0) is 38.5 Å². The summed E-state index contributed by atoms with van der Waals surface area (Å²) >= 11 is 0. The lowest BCUT2D eigenvalue weighted by molar-refractivity contribution is -0.870. The Labute approximate surface area is 492 Å². The number of hydrogen-bond donors (Lipinski definition) is 1. The maximum atomic E-state index is 12.9. The number of quaternary nitrogens is 1. The maximum Gasteiger partial charge on any atom is 0.472 e. The normalized spacial score (nSPS) is 13.1. The predicted octanol–water partition coefficient (Wildman–Crippen LogP) is 22.3. The number of hydrogen-bond acceptors (Lipinski definition) is 7. The predicted molar refractivity (Wildman–Crippen MR) is 340 cm³/mol. The highest BCUT2D eigenvalue weighted by atomic mass is 31.2. The fourth-order valence-corrected chi connectivity index (χ4v) is 11.4. The molecule has 0 amide bonds. The van der Waals surface area contributed by atoms with Gasteiger partial charge < -0.3 is 18.9 Å². The van der Waals surface area contributed by atoms with Gasteiger partial charge >= 0.3 is 19.8 Å². The molecule has 0 heterocycles. The molecule has 10 heteroatoms. The number of phosphoric ester groups is 1. The van der Waals surface area contributed by atoms with Gasteiger partial charge in [0.15, 0.2) is 6.10 Å². The van der Waals surface area contributed by atoms with Crippen LogP contribution in [0.2, 0.25) is 0 Å². The Morgan fingerprint density at radius 1 is 0.380 bits per heavy atom. The number of carbonyl (C=O) groups excluding carboxylic acids is 2. The molecule has 0 aromatic rings. The van der Waals surface area contributed by atoms with Gasteiger partial charge in [-0.3, -0.25) is 18.6 Å². The highest BCUT2D eigenvalue weighted by Gasteiger charge is 2.27. The quantitative estimate of drug-likeness (QED) is 0.0211. The van der Waals surface area contributed by atoms with E-state index in [1.165, 1.54) is 302 Å². The van der Waals surface area contributed by atoms with Crippen LogP contribution in [0.25, 0.3) is 0 Å². The number of unbranched alkanes of at least 4 members (excludes halogenated alkanes) is 50. The van der Waals surface area contributed by atoms with E-state index < -0.39 is 26.5 Å². The SMILES string of the molecule is CCCCCCCCCC/C=C\CCCCCCCCCCCCCCCCCC(=O)OC(COC(=O)CCCCCCCCCCCCCCCCCCCCCCCCCCCCCC)COP(=O)(O)OCC[N+](C)(C)C. The molecule has 0 radical (unpaired) electrons. The molecule has 2 unspecified atom stereocenters. The van der Waals surface area contributed by atoms with Gasteiger partial charge in [0.05, 0.1) is 27.7 Å². The molecule has 1 N–H and O–H groups in total. The molecule has 0 bridgehead atoms. The molecule has 0 aromatic carbocycles. The highest BCUT2D eigenvalue weighted by molar-refractivity contribution is 7.47. The molecule has 0 saturated carbocycles. The fraction of sp³-hybridized carbons (Fsp3) is 0.942. The highest BCUT2D eigenvalue weighted by Crippen LogP contribution is 2.43. The van der Waals surface area contributed by atoms with E-state index in [0.717, 1.165) is 32.1 Å². The number of likely N-dealkylation sites (N-methyl/N-ethyl adjacent to an activating group) is 1. The van der Waals surface area contributed by atoms with Gasteiger partial charge in [0.1, 0.15) is 19.8 Å². The van der Waals surface area contributed by atoms with Crippen molar-refractivity contribution < 1.29 is 42.1 Å². The summed E-state index contributed by atoms with van der Waals surface area (Å²) in [6, 6.07) is 0. The van der Waals surface area contributed by atoms with E-state index >= 15 is 0 Å². The van der Waals surface area contributed by atoms with Crippen LogP contribution in [-0.2, 0) is 32.7 Å². The molecular weight excluding hydrogens is 1000 g/mol. The van der Waals surface area contributed by atoms with Crippen LogP contribution in [0.4, 0.5) is 0 Å². The average molecular weight is 1140 g/mol. The second-order valence-corrected chi connectivity index (χ2v) is 26.7. The molecular formula is C69H137NO8P+. The second kappa shape index (κ2) is 61.3. The van der Waals surface area contributed by atoms with E-state index in [4.69, 9.17) is 18.5 Å². The third-order valence-corrected chi connectivity index (χ3v) is 17.0. The number of rotatable bonds is 66. The van der Waals surface area contributed by atoms with Gasteiger partial charge in [-0.2, -0.15) is 0 Å². The van der Waals surface area contributed by atoms with Crippen LogP contribution in [0.5, 0.6) is 0 Å². The molecule has 0 fully saturated rings. The van der Waals surface area contributed by atoms with Crippen molar-refractivity contribution in [1.82, 2.24) is 0 Å². The van der Waals surface area contributed by atoms with Crippen molar-refractivity contribution in [2.75, 3.05) is 47.5 Å². The Kier molecular flexibility index (Phi) is 60.3. The minimum atomic E-state index is -4.39. The zero-order valence-electron chi connectivity index (χ0n) is 53.7. The van der Waals surface area contributed by atoms with Crippen molar-refractivity contribution in [3.05, 3.63) is 12.2 Å². The number of carbonyl (C=O) groups is 2. The Morgan fingerprint density at radius 3 is 0.937 bits per heavy atom. The van der Waals surface area contributed by atoms with Gasteiger partial charge in [0.25, 0.3) is 0 Å². The fourth-order valence-electron chi connectivity index (χ4n) is 10.7. The molecule has 2 atom stereocenters. The van der Waals surface area contributed by atoms with E-state index in [-0.39, 0.29) is 25.6 Å². The maximum absolute atomic E-state index is 12.9. The molecule has 9 nitrogen and oxygen atoms in total. The van der Waals surface area contributed by atoms with Gasteiger partial charge in [-0.1, -0.05) is 328 Å². The van der Waals surface area contributed by atoms with Gasteiger partial charge in [-0.25, -0.2) is 4.57 Å². The largest absolute Gasteiger partial charge is 0.472 e. The Balaban J connectivity index is 3.99. The molecule has 0 rings (SSSR count). The lowest BCUT2D eigenvalue weighted by Crippen LogP contribution is -2.37. The van der Waals surface area contributed by atoms with E-state index in [9.17, 15) is 19.0 Å². The Bertz CT molecular complexity index is 1340. The van der Waals surface area contributed by atoms with E-state index in [2.05, 4.69) is 26.0 Å². The lowest BCUT2D eigenvalue weighted by Gasteiger charge is -2.24. The molecule has 0 saturated heterocycles. The summed E-state index contributed by atoms with van der Waals surface area (Å²) in [5, 5.41) is 0. The third-order valence-electron chi connectivity index (χ3n) is 16.0. The van der Waals surface area contributed by atoms with Crippen LogP contribution in [0.1, 0.15) is 367 Å². The minimum absolute atomic E-state index is 0.0363. The first kappa shape index (κ1) is 77.8. The van der Waals surface area contributed by atoms with Gasteiger partial charge in [0, 0.05) is 12.8 Å². The lowest BCUT2D eigenvalue weighted by atomic mass is 10.0. The molecule has 0 aliphatic heterocycles. The molecule has 470 valence electrons. The summed E-state index contributed by atoms with van der Waals surface area (Å²) in [4.78, 5) is 35.9. The zero-order chi connectivity index (χ0) is 57.7. The van der Waals surface area contributed by atoms with Crippen molar-refractivity contribution in [3.63, 3.8) is 0 Å². The van der Waals surface area contributed by atoms with Gasteiger partial charge in [0.2, 0.25) is 0 Å². The number of ether oxygens (including phenoxy) is 2. The van der Waals surface area contributed by atoms with Crippen LogP contribution < -0.4 is 0 Å². The van der Waals surface area contributed by atoms with Crippen molar-refractivity contribution in [3.8, 4) is 0 Å². The summed E-state index contributed by atoms with van der Waals surface area (Å²) in [6.45, 7) is 4.52. The van der Waals surface area contributed by atoms with Crippen LogP contribution in [0.3, 0.4) is 0 Å². The molecule has 0 aliphatic rings. The number of esters is 2. The van der Waals surface area contributed by atoms with Crippen LogP contribution in [-0.4, -0.2) is 74.9 Å². The summed E-state index contributed by atoms with van der Waals surface area (Å²) in [6.07, 6.45) is 74.6. The van der Waals surface area contributed by atoms with Crippen molar-refractivity contribution in [2.24, 2.45) is 0 Å². The Morgan fingerprint density at radius 2 is 0.646 bits per heavy atom. The number of phosphoric acid groups is 1. The zero-order valence-corrected chi connectivity index (χ0v) is 54.5. The monoisotopic (exact) mass is 1140 g/mol. The summed E-state index contributed by atoms with van der Waals surface area (Å²) in [5.41, 5.74) is 0. The second-order valence-electron chi connectivity index (χ2n) is 25.3. The van der Waals surface area contributed by atoms with E-state index in [0.29, 0.717) is 23.9 Å². The standard InChI is InChI=1S/C69H136NO8P/c1-6-8-10-12-14-16-18-20-22-24-26-28-30-32-34-36-37-39-41-43-45-47-49-51-53-55-57-59-61-68(71)75-65-67(66-77-79(73,74)76-64-63-70(3,4)5)78-69(72)62-60-58-56-54-52-50-48-46-44-42-40-38-35-33-31-29-27-25-23-21-19-17-15-13-11-9-7-2/h25,27,67H,6-24,26,28-66H2,1-5H3/p+1/b27-25-. The van der Waals surface area contributed by atoms with Crippen molar-refractivity contribution >= 4 is 19.8 Å². The first-order chi connectivity index (χ1) is 38.5. The summed E-state index contributed by atoms with van der Waals surface area (Å²) < 4.78 is 34.7. The van der Waals surface area contributed by atoms with E-state index in [1.807, 2.05) is 21.1 Å². The van der Waals surface area contributed by atoms with Crippen molar-refractivity contribution in [2.45, 2.75) is 373 Å². The first-order valence-electron chi connectivity index (χ1n) is 34.9. The van der Waals surface area contributed by atoms with Crippen LogP contribution in [0.15, 0.2) is 12.2 Å². The van der Waals surface area contributed by atoms with E-state index in [1.54, 1.807) is 0 Å². The number of allylic oxidation sites excluding steroid dienone is 2. The smallest absolute Gasteiger partial charge is 0.462 e. The van der Waals surface area contributed by atoms with Crippen LogP contribution >= 0.6 is 7.82 Å². The number of nitrogens with zero attached hydrogens (tertiary/aromatic N) is 1. The topological polar surface area (TPSA) is 108 Å².